The van der Waals surface area contributed by atoms with Crippen molar-refractivity contribution in [2.24, 2.45) is 0 Å². The Morgan fingerprint density at radius 2 is 1.67 bits per heavy atom. The molecule has 0 heterocycles. The fraction of sp³-hybridized carbons (Fsp3) is 0.391. The van der Waals surface area contributed by atoms with Crippen LogP contribution in [0.25, 0.3) is 0 Å². The maximum atomic E-state index is 13.4. The summed E-state index contributed by atoms with van der Waals surface area (Å²) in [5, 5.41) is 2.54. The van der Waals surface area contributed by atoms with E-state index in [1.807, 2.05) is 6.92 Å². The molecule has 2 rings (SSSR count). The number of amides is 2. The average molecular weight is 480 g/mol. The standard InChI is InChI=1S/C23H30FN3O5S/c1-5-21(23(29)25-3)26(15-17-7-9-18(24)10-8-17)22(28)16-27(33(4,30)31)19-11-13-20(14-12-19)32-6-2/h7-14,21H,5-6,15-16H2,1-4H3,(H,25,29)/t21-/m0/s1. The molecule has 10 heteroatoms. The van der Waals surface area contributed by atoms with Gasteiger partial charge in [0.2, 0.25) is 21.8 Å². The lowest BCUT2D eigenvalue weighted by Crippen LogP contribution is -2.51. The van der Waals surface area contributed by atoms with E-state index < -0.39 is 34.3 Å². The maximum absolute atomic E-state index is 13.4. The highest BCUT2D eigenvalue weighted by Crippen LogP contribution is 2.23. The number of rotatable bonds is 11. The van der Waals surface area contributed by atoms with Crippen molar-refractivity contribution < 1.29 is 27.1 Å². The highest BCUT2D eigenvalue weighted by molar-refractivity contribution is 7.92. The molecule has 0 saturated heterocycles. The SMILES string of the molecule is CCOc1ccc(N(CC(=O)N(Cc2ccc(F)cc2)[C@@H](CC)C(=O)NC)S(C)(=O)=O)cc1. The molecule has 0 aliphatic heterocycles. The number of hydrogen-bond acceptors (Lipinski definition) is 5. The van der Waals surface area contributed by atoms with Crippen molar-refractivity contribution in [2.75, 3.05) is 30.8 Å². The van der Waals surface area contributed by atoms with E-state index in [9.17, 15) is 22.4 Å². The minimum Gasteiger partial charge on any atom is -0.494 e. The van der Waals surface area contributed by atoms with Gasteiger partial charge in [-0.1, -0.05) is 19.1 Å². The summed E-state index contributed by atoms with van der Waals surface area (Å²) in [6.45, 7) is 3.57. The van der Waals surface area contributed by atoms with E-state index in [1.165, 1.54) is 36.2 Å². The molecule has 33 heavy (non-hydrogen) atoms. The van der Waals surface area contributed by atoms with Gasteiger partial charge in [-0.25, -0.2) is 12.8 Å². The van der Waals surface area contributed by atoms with Crippen molar-refractivity contribution in [1.82, 2.24) is 10.2 Å². The first kappa shape index (κ1) is 26.1. The van der Waals surface area contributed by atoms with Gasteiger partial charge in [-0.3, -0.25) is 13.9 Å². The molecule has 0 aliphatic carbocycles. The molecule has 1 N–H and O–H groups in total. The van der Waals surface area contributed by atoms with Gasteiger partial charge in [-0.05, 0) is 55.3 Å². The monoisotopic (exact) mass is 479 g/mol. The highest BCUT2D eigenvalue weighted by Gasteiger charge is 2.31. The molecule has 180 valence electrons. The molecule has 0 unspecified atom stereocenters. The van der Waals surface area contributed by atoms with Crippen LogP contribution in [0.2, 0.25) is 0 Å². The Morgan fingerprint density at radius 3 is 2.15 bits per heavy atom. The van der Waals surface area contributed by atoms with Gasteiger partial charge in [0.25, 0.3) is 0 Å². The lowest BCUT2D eigenvalue weighted by molar-refractivity contribution is -0.140. The number of ether oxygens (including phenoxy) is 1. The summed E-state index contributed by atoms with van der Waals surface area (Å²) in [5.74, 6) is -0.785. The van der Waals surface area contributed by atoms with Crippen molar-refractivity contribution >= 4 is 27.5 Å². The predicted molar refractivity (Wildman–Crippen MR) is 125 cm³/mol. The fourth-order valence-corrected chi connectivity index (χ4v) is 4.21. The Bertz CT molecular complexity index is 1040. The average Bonchev–Trinajstić information content (AvgIpc) is 2.78. The molecule has 2 aromatic rings. The second kappa shape index (κ2) is 11.6. The Hall–Kier alpha value is -3.14. The molecule has 0 fully saturated rings. The van der Waals surface area contributed by atoms with Gasteiger partial charge < -0.3 is 15.0 Å². The maximum Gasteiger partial charge on any atom is 0.244 e. The van der Waals surface area contributed by atoms with E-state index >= 15 is 0 Å². The molecular weight excluding hydrogens is 449 g/mol. The van der Waals surface area contributed by atoms with Crippen molar-refractivity contribution in [3.8, 4) is 5.75 Å². The van der Waals surface area contributed by atoms with Crippen LogP contribution in [-0.2, 0) is 26.2 Å². The predicted octanol–water partition coefficient (Wildman–Crippen LogP) is 2.54. The first-order chi connectivity index (χ1) is 15.6. The van der Waals surface area contributed by atoms with Crippen LogP contribution in [0.15, 0.2) is 48.5 Å². The summed E-state index contributed by atoms with van der Waals surface area (Å²) in [5.41, 5.74) is 0.906. The number of likely N-dealkylation sites (N-methyl/N-ethyl adjacent to an activating group) is 1. The number of hydrogen-bond donors (Lipinski definition) is 1. The largest absolute Gasteiger partial charge is 0.494 e. The number of nitrogens with one attached hydrogen (secondary N) is 1. The van der Waals surface area contributed by atoms with Gasteiger partial charge in [0, 0.05) is 13.6 Å². The lowest BCUT2D eigenvalue weighted by atomic mass is 10.1. The van der Waals surface area contributed by atoms with Crippen LogP contribution >= 0.6 is 0 Å². The van der Waals surface area contributed by atoms with E-state index in [0.717, 1.165) is 10.6 Å². The molecule has 8 nitrogen and oxygen atoms in total. The Morgan fingerprint density at radius 1 is 1.06 bits per heavy atom. The topological polar surface area (TPSA) is 96.0 Å². The molecule has 2 aromatic carbocycles. The summed E-state index contributed by atoms with van der Waals surface area (Å²) < 4.78 is 44.8. The second-order valence-electron chi connectivity index (χ2n) is 7.38. The van der Waals surface area contributed by atoms with Crippen LogP contribution in [0.5, 0.6) is 5.75 Å². The number of halogens is 1. The molecule has 2 amide bonds. The quantitative estimate of drug-likeness (QED) is 0.534. The Balaban J connectivity index is 2.38. The van der Waals surface area contributed by atoms with Crippen LogP contribution in [0.1, 0.15) is 25.8 Å². The van der Waals surface area contributed by atoms with Gasteiger partial charge in [0.15, 0.2) is 0 Å². The van der Waals surface area contributed by atoms with Gasteiger partial charge in [-0.15, -0.1) is 0 Å². The molecule has 1 atom stereocenters. The highest BCUT2D eigenvalue weighted by atomic mass is 32.2. The van der Waals surface area contributed by atoms with Gasteiger partial charge >= 0.3 is 0 Å². The van der Waals surface area contributed by atoms with E-state index in [0.29, 0.717) is 30.0 Å². The summed E-state index contributed by atoms with van der Waals surface area (Å²) in [6.07, 6.45) is 1.33. The third kappa shape index (κ3) is 7.18. The van der Waals surface area contributed by atoms with E-state index in [2.05, 4.69) is 5.32 Å². The number of carbonyl (C=O) groups excluding carboxylic acids is 2. The van der Waals surface area contributed by atoms with Crippen molar-refractivity contribution in [3.63, 3.8) is 0 Å². The minimum absolute atomic E-state index is 0.0198. The van der Waals surface area contributed by atoms with Crippen LogP contribution in [0, 0.1) is 5.82 Å². The van der Waals surface area contributed by atoms with E-state index in [4.69, 9.17) is 4.74 Å². The fourth-order valence-electron chi connectivity index (χ4n) is 3.36. The number of benzene rings is 2. The number of anilines is 1. The third-order valence-corrected chi connectivity index (χ3v) is 6.15. The zero-order chi connectivity index (χ0) is 24.6. The van der Waals surface area contributed by atoms with Crippen molar-refractivity contribution in [3.05, 3.63) is 59.9 Å². The summed E-state index contributed by atoms with van der Waals surface area (Å²) in [4.78, 5) is 27.2. The minimum atomic E-state index is -3.81. The molecule has 0 spiro atoms. The molecule has 0 bridgehead atoms. The Kier molecular flexibility index (Phi) is 9.22. The van der Waals surface area contributed by atoms with Crippen molar-refractivity contribution in [2.45, 2.75) is 32.9 Å². The van der Waals surface area contributed by atoms with Crippen molar-refractivity contribution in [1.29, 1.82) is 0 Å². The first-order valence-electron chi connectivity index (χ1n) is 10.6. The lowest BCUT2D eigenvalue weighted by Gasteiger charge is -2.32. The summed E-state index contributed by atoms with van der Waals surface area (Å²) in [7, 11) is -2.35. The first-order valence-corrected chi connectivity index (χ1v) is 12.4. The molecular formula is C23H30FN3O5S. The molecule has 0 saturated carbocycles. The summed E-state index contributed by atoms with van der Waals surface area (Å²) >= 11 is 0. The molecule has 0 aromatic heterocycles. The van der Waals surface area contributed by atoms with Gasteiger partial charge in [0.1, 0.15) is 24.2 Å². The molecule has 0 aliphatic rings. The zero-order valence-corrected chi connectivity index (χ0v) is 20.1. The second-order valence-corrected chi connectivity index (χ2v) is 9.29. The van der Waals surface area contributed by atoms with E-state index in [-0.39, 0.29) is 12.5 Å². The van der Waals surface area contributed by atoms with Crippen LogP contribution < -0.4 is 14.4 Å². The zero-order valence-electron chi connectivity index (χ0n) is 19.2. The number of sulfonamides is 1. The number of carbonyl (C=O) groups is 2. The van der Waals surface area contributed by atoms with Gasteiger partial charge in [0.05, 0.1) is 18.6 Å². The Labute approximate surface area is 194 Å². The third-order valence-electron chi connectivity index (χ3n) is 5.01. The van der Waals surface area contributed by atoms with Gasteiger partial charge in [-0.2, -0.15) is 0 Å². The number of nitrogens with zero attached hydrogens (tertiary/aromatic N) is 2. The smallest absolute Gasteiger partial charge is 0.244 e. The normalized spacial score (nSPS) is 12.0. The molecule has 0 radical (unpaired) electrons. The summed E-state index contributed by atoms with van der Waals surface area (Å²) in [6, 6.07) is 11.1. The van der Waals surface area contributed by atoms with Crippen LogP contribution in [-0.4, -0.2) is 57.6 Å². The van der Waals surface area contributed by atoms with Crippen LogP contribution in [0.3, 0.4) is 0 Å². The van der Waals surface area contributed by atoms with E-state index in [1.54, 1.807) is 31.2 Å². The van der Waals surface area contributed by atoms with Crippen LogP contribution in [0.4, 0.5) is 10.1 Å².